The van der Waals surface area contributed by atoms with Gasteiger partial charge >= 0.3 is 5.97 Å². The Hall–Kier alpha value is -2.44. The van der Waals surface area contributed by atoms with Gasteiger partial charge in [-0.3, -0.25) is 19.7 Å². The predicted molar refractivity (Wildman–Crippen MR) is 72.6 cm³/mol. The number of nitro groups is 1. The lowest BCUT2D eigenvalue weighted by atomic mass is 9.92. The van der Waals surface area contributed by atoms with Crippen molar-refractivity contribution in [1.82, 2.24) is 0 Å². The van der Waals surface area contributed by atoms with Crippen LogP contribution in [0.3, 0.4) is 0 Å². The van der Waals surface area contributed by atoms with E-state index >= 15 is 0 Å². The molecule has 7 nitrogen and oxygen atoms in total. The number of nitrogens with one attached hydrogen (secondary N) is 1. The first-order valence-electron chi connectivity index (χ1n) is 5.88. The van der Waals surface area contributed by atoms with Crippen molar-refractivity contribution in [2.24, 2.45) is 5.41 Å². The van der Waals surface area contributed by atoms with Gasteiger partial charge in [0.05, 0.1) is 4.92 Å². The fraction of sp³-hybridized carbons (Fsp3) is 0.385. The number of benzene rings is 1. The lowest BCUT2D eigenvalue weighted by Gasteiger charge is -2.19. The van der Waals surface area contributed by atoms with Crippen LogP contribution in [0.25, 0.3) is 0 Å². The van der Waals surface area contributed by atoms with E-state index in [0.29, 0.717) is 16.8 Å². The Kier molecular flexibility index (Phi) is 4.12. The van der Waals surface area contributed by atoms with Crippen LogP contribution in [-0.4, -0.2) is 21.9 Å². The van der Waals surface area contributed by atoms with Crippen LogP contribution >= 0.6 is 0 Å². The molecule has 0 atom stereocenters. The second kappa shape index (κ2) is 5.28. The Morgan fingerprint density at radius 1 is 1.25 bits per heavy atom. The van der Waals surface area contributed by atoms with E-state index in [1.165, 1.54) is 26.0 Å². The molecule has 0 aliphatic carbocycles. The fourth-order valence-electron chi connectivity index (χ4n) is 1.51. The molecule has 20 heavy (non-hydrogen) atoms. The van der Waals surface area contributed by atoms with Crippen LogP contribution in [0.2, 0.25) is 0 Å². The number of amides is 1. The van der Waals surface area contributed by atoms with Gasteiger partial charge in [-0.05, 0) is 39.3 Å². The number of nitro benzene ring substituents is 1. The van der Waals surface area contributed by atoms with E-state index in [9.17, 15) is 19.7 Å². The lowest BCUT2D eigenvalue weighted by Crippen LogP contribution is -2.38. The van der Waals surface area contributed by atoms with Crippen LogP contribution in [0.4, 0.5) is 11.4 Å². The molecular formula is C13H16N2O5. The van der Waals surface area contributed by atoms with Gasteiger partial charge < -0.3 is 10.4 Å². The molecule has 0 radical (unpaired) electrons. The maximum absolute atomic E-state index is 11.9. The molecule has 7 heteroatoms. The van der Waals surface area contributed by atoms with E-state index < -0.39 is 22.2 Å². The third-order valence-electron chi connectivity index (χ3n) is 3.09. The summed E-state index contributed by atoms with van der Waals surface area (Å²) < 4.78 is 0. The van der Waals surface area contributed by atoms with E-state index in [4.69, 9.17) is 5.11 Å². The number of carboxylic acid groups (broad SMARTS) is 1. The number of anilines is 1. The highest BCUT2D eigenvalue weighted by molar-refractivity contribution is 6.07. The van der Waals surface area contributed by atoms with E-state index in [0.717, 1.165) is 0 Å². The highest BCUT2D eigenvalue weighted by Crippen LogP contribution is 2.27. The van der Waals surface area contributed by atoms with Crippen molar-refractivity contribution in [3.8, 4) is 0 Å². The normalized spacial score (nSPS) is 11.0. The predicted octanol–water partition coefficient (Wildman–Crippen LogP) is 2.26. The number of carbonyl (C=O) groups excluding carboxylic acids is 1. The summed E-state index contributed by atoms with van der Waals surface area (Å²) in [4.78, 5) is 33.2. The smallest absolute Gasteiger partial charge is 0.318 e. The summed E-state index contributed by atoms with van der Waals surface area (Å²) in [6.07, 6.45) is 0. The summed E-state index contributed by atoms with van der Waals surface area (Å²) in [7, 11) is 0. The maximum atomic E-state index is 11.9. The van der Waals surface area contributed by atoms with Crippen molar-refractivity contribution in [3.63, 3.8) is 0 Å². The molecule has 0 saturated heterocycles. The molecule has 1 aromatic rings. The average Bonchev–Trinajstić information content (AvgIpc) is 2.32. The van der Waals surface area contributed by atoms with Gasteiger partial charge in [0.1, 0.15) is 5.41 Å². The average molecular weight is 280 g/mol. The quantitative estimate of drug-likeness (QED) is 0.499. The van der Waals surface area contributed by atoms with Crippen molar-refractivity contribution in [2.75, 3.05) is 5.32 Å². The van der Waals surface area contributed by atoms with Crippen LogP contribution in [0, 0.1) is 29.4 Å². The van der Waals surface area contributed by atoms with Crippen LogP contribution in [0.5, 0.6) is 0 Å². The molecule has 1 rings (SSSR count). The second-order valence-electron chi connectivity index (χ2n) is 5.10. The third kappa shape index (κ3) is 2.93. The number of aryl methyl sites for hydroxylation is 2. The maximum Gasteiger partial charge on any atom is 0.318 e. The standard InChI is InChI=1S/C13H16N2O5/c1-7-6-10(15(19)20)8(2)5-9(7)14-11(16)13(3,4)12(17)18/h5-6H,1-4H3,(H,14,16)(H,17,18). The van der Waals surface area contributed by atoms with Crippen LogP contribution in [0.15, 0.2) is 12.1 Å². The monoisotopic (exact) mass is 280 g/mol. The minimum absolute atomic E-state index is 0.0435. The molecule has 0 heterocycles. The summed E-state index contributed by atoms with van der Waals surface area (Å²) >= 11 is 0. The minimum atomic E-state index is -1.58. The van der Waals surface area contributed by atoms with E-state index in [2.05, 4.69) is 5.32 Å². The van der Waals surface area contributed by atoms with E-state index in [1.54, 1.807) is 13.8 Å². The number of hydrogen-bond acceptors (Lipinski definition) is 4. The summed E-state index contributed by atoms with van der Waals surface area (Å²) in [5.74, 6) is -1.92. The highest BCUT2D eigenvalue weighted by Gasteiger charge is 2.36. The second-order valence-corrected chi connectivity index (χ2v) is 5.10. The summed E-state index contributed by atoms with van der Waals surface area (Å²) in [5.41, 5.74) is -0.367. The van der Waals surface area contributed by atoms with Gasteiger partial charge in [0.15, 0.2) is 0 Å². The number of carbonyl (C=O) groups is 2. The molecule has 1 amide bonds. The first kappa shape index (κ1) is 15.6. The Morgan fingerprint density at radius 2 is 1.80 bits per heavy atom. The molecule has 0 aliphatic rings. The van der Waals surface area contributed by atoms with Gasteiger partial charge in [0, 0.05) is 17.3 Å². The molecule has 0 bridgehead atoms. The van der Waals surface area contributed by atoms with Gasteiger partial charge in [-0.15, -0.1) is 0 Å². The molecule has 0 fully saturated rings. The zero-order valence-electron chi connectivity index (χ0n) is 11.7. The first-order chi connectivity index (χ1) is 9.07. The Morgan fingerprint density at radius 3 is 2.25 bits per heavy atom. The SMILES string of the molecule is Cc1cc([N+](=O)[O-])c(C)cc1NC(=O)C(C)(C)C(=O)O. The van der Waals surface area contributed by atoms with Crippen LogP contribution in [0.1, 0.15) is 25.0 Å². The van der Waals surface area contributed by atoms with E-state index in [-0.39, 0.29) is 5.69 Å². The van der Waals surface area contributed by atoms with Crippen molar-refractivity contribution in [1.29, 1.82) is 0 Å². The van der Waals surface area contributed by atoms with Crippen molar-refractivity contribution in [3.05, 3.63) is 33.4 Å². The zero-order valence-corrected chi connectivity index (χ0v) is 11.7. The van der Waals surface area contributed by atoms with Crippen molar-refractivity contribution < 1.29 is 19.6 Å². The molecule has 0 aromatic heterocycles. The first-order valence-corrected chi connectivity index (χ1v) is 5.88. The molecule has 0 spiro atoms. The third-order valence-corrected chi connectivity index (χ3v) is 3.09. The largest absolute Gasteiger partial charge is 0.480 e. The Balaban J connectivity index is 3.12. The van der Waals surface area contributed by atoms with Gasteiger partial charge in [-0.1, -0.05) is 0 Å². The molecule has 0 unspecified atom stereocenters. The minimum Gasteiger partial charge on any atom is -0.480 e. The van der Waals surface area contributed by atoms with Gasteiger partial charge in [0.25, 0.3) is 5.69 Å². The molecule has 1 aromatic carbocycles. The molecule has 108 valence electrons. The van der Waals surface area contributed by atoms with Crippen molar-refractivity contribution in [2.45, 2.75) is 27.7 Å². The number of hydrogen-bond donors (Lipinski definition) is 2. The summed E-state index contributed by atoms with van der Waals surface area (Å²) in [6, 6.07) is 2.81. The highest BCUT2D eigenvalue weighted by atomic mass is 16.6. The molecule has 0 saturated carbocycles. The van der Waals surface area contributed by atoms with Crippen molar-refractivity contribution >= 4 is 23.3 Å². The number of nitrogens with zero attached hydrogens (tertiary/aromatic N) is 1. The topological polar surface area (TPSA) is 110 Å². The molecule has 2 N–H and O–H groups in total. The van der Waals surface area contributed by atoms with Crippen LogP contribution < -0.4 is 5.32 Å². The number of aliphatic carboxylic acids is 1. The fourth-order valence-corrected chi connectivity index (χ4v) is 1.51. The van der Waals surface area contributed by atoms with Crippen LogP contribution in [-0.2, 0) is 9.59 Å². The van der Waals surface area contributed by atoms with Gasteiger partial charge in [-0.2, -0.15) is 0 Å². The zero-order chi connectivity index (χ0) is 15.7. The van der Waals surface area contributed by atoms with Gasteiger partial charge in [-0.25, -0.2) is 0 Å². The summed E-state index contributed by atoms with van der Waals surface area (Å²) in [6.45, 7) is 5.74. The number of rotatable bonds is 4. The lowest BCUT2D eigenvalue weighted by molar-refractivity contribution is -0.385. The Bertz CT molecular complexity index is 593. The Labute approximate surface area is 115 Å². The van der Waals surface area contributed by atoms with E-state index in [1.807, 2.05) is 0 Å². The van der Waals surface area contributed by atoms with Gasteiger partial charge in [0.2, 0.25) is 5.91 Å². The molecular weight excluding hydrogens is 264 g/mol. The summed E-state index contributed by atoms with van der Waals surface area (Å²) in [5, 5.41) is 22.3. The number of carboxylic acids is 1. The molecule has 0 aliphatic heterocycles.